The summed E-state index contributed by atoms with van der Waals surface area (Å²) in [5, 5.41) is 23.0. The van der Waals surface area contributed by atoms with E-state index in [1.807, 2.05) is 0 Å². The molecule has 0 aliphatic heterocycles. The zero-order chi connectivity index (χ0) is 12.1. The molecule has 0 atom stereocenters. The zero-order valence-electron chi connectivity index (χ0n) is 8.60. The summed E-state index contributed by atoms with van der Waals surface area (Å²) in [5.41, 5.74) is 0.810. The van der Waals surface area contributed by atoms with E-state index in [1.54, 1.807) is 6.07 Å². The van der Waals surface area contributed by atoms with Crippen molar-refractivity contribution in [3.8, 4) is 0 Å². The highest BCUT2D eigenvalue weighted by Gasteiger charge is 2.16. The number of carbonyl (C=O) groups is 2. The van der Waals surface area contributed by atoms with E-state index in [0.717, 1.165) is 0 Å². The zero-order valence-corrected chi connectivity index (χ0v) is 8.60. The van der Waals surface area contributed by atoms with Crippen LogP contribution in [0, 0.1) is 0 Å². The Morgan fingerprint density at radius 1 is 1.44 bits per heavy atom. The van der Waals surface area contributed by atoms with E-state index in [9.17, 15) is 9.59 Å². The standard InChI is InChI=1S/C9H11BN2O4/c1-6(14)12-7-2-3-9(11-5-13)8(4-7)10(15)16/h2-5,15-16H,1H3,(H,11,13)(H,12,14). The van der Waals surface area contributed by atoms with Crippen molar-refractivity contribution in [1.82, 2.24) is 0 Å². The van der Waals surface area contributed by atoms with Crippen LogP contribution in [-0.4, -0.2) is 29.5 Å². The Morgan fingerprint density at radius 2 is 2.12 bits per heavy atom. The third-order valence-corrected chi connectivity index (χ3v) is 1.86. The fourth-order valence-corrected chi connectivity index (χ4v) is 1.25. The van der Waals surface area contributed by atoms with Crippen LogP contribution in [0.5, 0.6) is 0 Å². The molecule has 16 heavy (non-hydrogen) atoms. The van der Waals surface area contributed by atoms with Crippen molar-refractivity contribution in [2.45, 2.75) is 6.92 Å². The van der Waals surface area contributed by atoms with Crippen molar-refractivity contribution in [2.75, 3.05) is 10.6 Å². The number of hydrogen-bond acceptors (Lipinski definition) is 4. The SMILES string of the molecule is CC(=O)Nc1ccc(NC=O)c(B(O)O)c1. The normalized spacial score (nSPS) is 9.44. The maximum atomic E-state index is 10.8. The van der Waals surface area contributed by atoms with Gasteiger partial charge in [-0.3, -0.25) is 9.59 Å². The molecule has 0 aliphatic rings. The highest BCUT2D eigenvalue weighted by molar-refractivity contribution is 6.60. The summed E-state index contributed by atoms with van der Waals surface area (Å²) in [6.45, 7) is 1.34. The Morgan fingerprint density at radius 3 is 2.62 bits per heavy atom. The number of hydrogen-bond donors (Lipinski definition) is 4. The van der Waals surface area contributed by atoms with Crippen molar-refractivity contribution in [2.24, 2.45) is 0 Å². The second kappa shape index (κ2) is 5.29. The first-order chi connectivity index (χ1) is 7.54. The van der Waals surface area contributed by atoms with Gasteiger partial charge in [0.25, 0.3) is 0 Å². The summed E-state index contributed by atoms with van der Waals surface area (Å²) in [4.78, 5) is 21.1. The minimum Gasteiger partial charge on any atom is -0.423 e. The molecule has 7 heteroatoms. The van der Waals surface area contributed by atoms with Crippen molar-refractivity contribution >= 4 is 36.3 Å². The molecule has 1 aromatic rings. The Balaban J connectivity index is 3.06. The Hall–Kier alpha value is -1.86. The van der Waals surface area contributed by atoms with Crippen LogP contribution in [0.3, 0.4) is 0 Å². The molecule has 0 fully saturated rings. The summed E-state index contributed by atoms with van der Waals surface area (Å²) in [7, 11) is -1.73. The predicted octanol–water partition coefficient (Wildman–Crippen LogP) is -1.11. The number of carbonyl (C=O) groups excluding carboxylic acids is 2. The topological polar surface area (TPSA) is 98.7 Å². The number of amides is 2. The third kappa shape index (κ3) is 3.08. The molecule has 0 heterocycles. The van der Waals surface area contributed by atoms with Gasteiger partial charge >= 0.3 is 7.12 Å². The molecule has 0 spiro atoms. The van der Waals surface area contributed by atoms with E-state index in [1.165, 1.54) is 19.1 Å². The minimum atomic E-state index is -1.73. The van der Waals surface area contributed by atoms with Crippen LogP contribution >= 0.6 is 0 Å². The van der Waals surface area contributed by atoms with Gasteiger partial charge in [-0.1, -0.05) is 0 Å². The van der Waals surface area contributed by atoms with E-state index in [-0.39, 0.29) is 17.1 Å². The molecule has 0 aromatic heterocycles. The van der Waals surface area contributed by atoms with E-state index < -0.39 is 7.12 Å². The molecule has 4 N–H and O–H groups in total. The van der Waals surface area contributed by atoms with Gasteiger partial charge in [0.15, 0.2) is 0 Å². The summed E-state index contributed by atoms with van der Waals surface area (Å²) in [6.07, 6.45) is 0.430. The minimum absolute atomic E-state index is 0.110. The molecule has 0 saturated heterocycles. The molecular formula is C9H11BN2O4. The monoisotopic (exact) mass is 222 g/mol. The van der Waals surface area contributed by atoms with E-state index in [0.29, 0.717) is 12.1 Å². The fourth-order valence-electron chi connectivity index (χ4n) is 1.25. The molecule has 0 saturated carbocycles. The highest BCUT2D eigenvalue weighted by Crippen LogP contribution is 2.11. The smallest absolute Gasteiger partial charge is 0.423 e. The third-order valence-electron chi connectivity index (χ3n) is 1.86. The lowest BCUT2D eigenvalue weighted by atomic mass is 9.78. The van der Waals surface area contributed by atoms with Gasteiger partial charge in [0, 0.05) is 23.8 Å². The summed E-state index contributed by atoms with van der Waals surface area (Å²) < 4.78 is 0. The van der Waals surface area contributed by atoms with Crippen molar-refractivity contribution in [1.29, 1.82) is 0 Å². The number of nitrogens with one attached hydrogen (secondary N) is 2. The maximum Gasteiger partial charge on any atom is 0.490 e. The molecule has 0 radical (unpaired) electrons. The Kier molecular flexibility index (Phi) is 4.04. The van der Waals surface area contributed by atoms with Crippen molar-refractivity contribution in [3.63, 3.8) is 0 Å². The summed E-state index contributed by atoms with van der Waals surface area (Å²) >= 11 is 0. The second-order valence-electron chi connectivity index (χ2n) is 3.12. The predicted molar refractivity (Wildman–Crippen MR) is 60.3 cm³/mol. The van der Waals surface area contributed by atoms with Gasteiger partial charge in [0.05, 0.1) is 0 Å². The molecule has 6 nitrogen and oxygen atoms in total. The lowest BCUT2D eigenvalue weighted by Crippen LogP contribution is -2.32. The first kappa shape index (κ1) is 12.2. The van der Waals surface area contributed by atoms with Crippen molar-refractivity contribution < 1.29 is 19.6 Å². The molecule has 0 aliphatic carbocycles. The van der Waals surface area contributed by atoms with Crippen molar-refractivity contribution in [3.05, 3.63) is 18.2 Å². The largest absolute Gasteiger partial charge is 0.490 e. The van der Waals surface area contributed by atoms with E-state index >= 15 is 0 Å². The van der Waals surface area contributed by atoms with Crippen LogP contribution in [0.15, 0.2) is 18.2 Å². The first-order valence-corrected chi connectivity index (χ1v) is 4.52. The molecule has 1 aromatic carbocycles. The van der Waals surface area contributed by atoms with Gasteiger partial charge in [-0.15, -0.1) is 0 Å². The molecule has 0 unspecified atom stereocenters. The van der Waals surface area contributed by atoms with Crippen LogP contribution in [0.2, 0.25) is 0 Å². The van der Waals surface area contributed by atoms with Crippen LogP contribution in [-0.2, 0) is 9.59 Å². The van der Waals surface area contributed by atoms with Gasteiger partial charge < -0.3 is 20.7 Å². The summed E-state index contributed by atoms with van der Waals surface area (Å²) in [6, 6.07) is 4.38. The van der Waals surface area contributed by atoms with Gasteiger partial charge in [0.1, 0.15) is 0 Å². The van der Waals surface area contributed by atoms with E-state index in [4.69, 9.17) is 10.0 Å². The number of rotatable bonds is 4. The Bertz CT molecular complexity index is 408. The average molecular weight is 222 g/mol. The number of benzene rings is 1. The second-order valence-corrected chi connectivity index (χ2v) is 3.12. The molecular weight excluding hydrogens is 211 g/mol. The molecule has 2 amide bonds. The number of anilines is 2. The summed E-state index contributed by atoms with van der Waals surface area (Å²) in [5.74, 6) is -0.269. The highest BCUT2D eigenvalue weighted by atomic mass is 16.4. The first-order valence-electron chi connectivity index (χ1n) is 4.52. The molecule has 0 bridgehead atoms. The quantitative estimate of drug-likeness (QED) is 0.383. The van der Waals surface area contributed by atoms with Crippen LogP contribution in [0.4, 0.5) is 11.4 Å². The molecule has 1 rings (SSSR count). The van der Waals surface area contributed by atoms with Gasteiger partial charge in [0.2, 0.25) is 12.3 Å². The lowest BCUT2D eigenvalue weighted by molar-refractivity contribution is -0.114. The Labute approximate surface area is 92.4 Å². The maximum absolute atomic E-state index is 10.8. The lowest BCUT2D eigenvalue weighted by Gasteiger charge is -2.10. The molecule has 84 valence electrons. The fraction of sp³-hybridized carbons (Fsp3) is 0.111. The van der Waals surface area contributed by atoms with E-state index in [2.05, 4.69) is 10.6 Å². The van der Waals surface area contributed by atoms with Crippen LogP contribution in [0.1, 0.15) is 6.92 Å². The van der Waals surface area contributed by atoms with Gasteiger partial charge in [-0.2, -0.15) is 0 Å². The van der Waals surface area contributed by atoms with Gasteiger partial charge in [-0.25, -0.2) is 0 Å². The van der Waals surface area contributed by atoms with Crippen LogP contribution < -0.4 is 16.1 Å². The van der Waals surface area contributed by atoms with Crippen LogP contribution in [0.25, 0.3) is 0 Å². The average Bonchev–Trinajstić information content (AvgIpc) is 2.19. The van der Waals surface area contributed by atoms with Gasteiger partial charge in [-0.05, 0) is 18.2 Å².